The fraction of sp³-hybridized carbons (Fsp3) is 0.694. The highest BCUT2D eigenvalue weighted by Crippen LogP contribution is 2.64. The number of piperidine rings is 1. The van der Waals surface area contributed by atoms with E-state index in [1.807, 2.05) is 25.3 Å². The number of hydrogen-bond donors (Lipinski definition) is 1. The van der Waals surface area contributed by atoms with Gasteiger partial charge in [0.2, 0.25) is 0 Å². The van der Waals surface area contributed by atoms with Crippen LogP contribution in [0.4, 0.5) is 0 Å². The number of allylic oxidation sites excluding steroid dienone is 1. The lowest BCUT2D eigenvalue weighted by atomic mass is 9.52. The second-order valence-corrected chi connectivity index (χ2v) is 17.6. The van der Waals surface area contributed by atoms with Crippen molar-refractivity contribution in [2.75, 3.05) is 6.54 Å². The van der Waals surface area contributed by atoms with Crippen molar-refractivity contribution in [1.29, 1.82) is 0 Å². The Morgan fingerprint density at radius 1 is 1.05 bits per heavy atom. The van der Waals surface area contributed by atoms with Gasteiger partial charge in [0.1, 0.15) is 0 Å². The maximum Gasteiger partial charge on any atom is 0.282 e. The van der Waals surface area contributed by atoms with E-state index in [2.05, 4.69) is 33.0 Å². The Balaban J connectivity index is 1.06. The first kappa shape index (κ1) is 28.5. The van der Waals surface area contributed by atoms with E-state index < -0.39 is 10.0 Å². The minimum atomic E-state index is -3.69. The lowest BCUT2D eigenvalue weighted by Crippen LogP contribution is -2.48. The second kappa shape index (κ2) is 9.77. The van der Waals surface area contributed by atoms with Crippen LogP contribution < -0.4 is 5.32 Å². The first-order chi connectivity index (χ1) is 20.5. The summed E-state index contributed by atoms with van der Waals surface area (Å²) in [4.78, 5) is 0.308. The topological polar surface area (TPSA) is 73.2 Å². The van der Waals surface area contributed by atoms with Gasteiger partial charge >= 0.3 is 0 Å². The summed E-state index contributed by atoms with van der Waals surface area (Å²) >= 11 is 0. The molecule has 4 aliphatic carbocycles. The van der Waals surface area contributed by atoms with Gasteiger partial charge in [0.25, 0.3) is 10.0 Å². The van der Waals surface area contributed by atoms with Crippen LogP contribution >= 0.6 is 0 Å². The predicted octanol–water partition coefficient (Wildman–Crippen LogP) is 6.47. The third-order valence-corrected chi connectivity index (χ3v) is 15.0. The van der Waals surface area contributed by atoms with Crippen LogP contribution in [0.15, 0.2) is 46.5 Å². The molecule has 1 aromatic heterocycles. The zero-order chi connectivity index (χ0) is 29.9. The van der Waals surface area contributed by atoms with Crippen LogP contribution in [0.3, 0.4) is 0 Å². The number of aromatic nitrogens is 2. The monoisotopic (exact) mass is 603 g/mol. The van der Waals surface area contributed by atoms with E-state index in [1.165, 1.54) is 42.6 Å². The molecule has 6 aliphatic rings. The summed E-state index contributed by atoms with van der Waals surface area (Å²) in [5.41, 5.74) is 6.73. The van der Waals surface area contributed by atoms with Gasteiger partial charge in [-0.3, -0.25) is 0 Å². The Hall–Kier alpha value is -1.96. The van der Waals surface area contributed by atoms with Gasteiger partial charge in [-0.2, -0.15) is 17.6 Å². The molecule has 1 aromatic carbocycles. The van der Waals surface area contributed by atoms with Crippen molar-refractivity contribution >= 4 is 10.0 Å². The van der Waals surface area contributed by atoms with E-state index in [-0.39, 0.29) is 11.0 Å². The normalized spacial score (nSPS) is 42.2. The molecule has 2 saturated carbocycles. The first-order valence-corrected chi connectivity index (χ1v) is 18.4. The maximum atomic E-state index is 13.5. The van der Waals surface area contributed by atoms with Crippen LogP contribution in [-0.4, -0.2) is 41.9 Å². The van der Waals surface area contributed by atoms with Gasteiger partial charge in [0.15, 0.2) is 0 Å². The SMILES string of the molecule is CC1=C2C[C@H]3[C@@H](CC[C@@H]4Cc5nn(S(=O)(=O)c6ccc(C)cc6)cc5C[C@@]43C)[C@@H]2CC[C@@]2(C1)O[C@@H]1C[C@H](C)CN[C@H]1[C@H]2C. The van der Waals surface area contributed by atoms with Crippen molar-refractivity contribution < 1.29 is 13.2 Å². The average Bonchev–Trinajstić information content (AvgIpc) is 3.60. The Morgan fingerprint density at radius 3 is 2.63 bits per heavy atom. The molecule has 2 aromatic rings. The van der Waals surface area contributed by atoms with Gasteiger partial charge in [-0.1, -0.05) is 49.6 Å². The lowest BCUT2D eigenvalue weighted by Gasteiger charge is -2.52. The molecular weight excluding hydrogens is 554 g/mol. The fourth-order valence-electron chi connectivity index (χ4n) is 11.0. The van der Waals surface area contributed by atoms with Crippen LogP contribution in [0.2, 0.25) is 0 Å². The lowest BCUT2D eigenvalue weighted by molar-refractivity contribution is -0.0733. The van der Waals surface area contributed by atoms with Crippen LogP contribution in [0.1, 0.15) is 89.5 Å². The molecule has 232 valence electrons. The first-order valence-electron chi connectivity index (χ1n) is 17.0. The summed E-state index contributed by atoms with van der Waals surface area (Å²) in [5.74, 6) is 3.87. The average molecular weight is 604 g/mol. The number of nitrogens with one attached hydrogen (secondary N) is 1. The summed E-state index contributed by atoms with van der Waals surface area (Å²) < 4.78 is 35.3. The van der Waals surface area contributed by atoms with E-state index in [9.17, 15) is 8.42 Å². The Morgan fingerprint density at radius 2 is 1.84 bits per heavy atom. The van der Waals surface area contributed by atoms with Crippen LogP contribution in [0.5, 0.6) is 0 Å². The third-order valence-electron chi connectivity index (χ3n) is 13.5. The minimum Gasteiger partial charge on any atom is -0.369 e. The second-order valence-electron chi connectivity index (χ2n) is 15.8. The van der Waals surface area contributed by atoms with E-state index >= 15 is 0 Å². The van der Waals surface area contributed by atoms with Gasteiger partial charge in [0.05, 0.1) is 22.3 Å². The van der Waals surface area contributed by atoms with Crippen LogP contribution in [0.25, 0.3) is 0 Å². The number of ether oxygens (including phenoxy) is 1. The highest BCUT2D eigenvalue weighted by atomic mass is 32.2. The summed E-state index contributed by atoms with van der Waals surface area (Å²) in [6.45, 7) is 12.9. The minimum absolute atomic E-state index is 0.0122. The van der Waals surface area contributed by atoms with Crippen LogP contribution in [0, 0.1) is 47.8 Å². The predicted molar refractivity (Wildman–Crippen MR) is 168 cm³/mol. The van der Waals surface area contributed by atoms with E-state index in [1.54, 1.807) is 23.3 Å². The molecule has 0 unspecified atom stereocenters. The zero-order valence-electron chi connectivity index (χ0n) is 26.6. The largest absolute Gasteiger partial charge is 0.369 e. The molecule has 8 rings (SSSR count). The summed E-state index contributed by atoms with van der Waals surface area (Å²) in [5, 5.41) is 8.57. The van der Waals surface area contributed by atoms with E-state index in [0.29, 0.717) is 46.6 Å². The molecular formula is C36H49N3O3S. The number of aryl methyl sites for hydroxylation is 1. The molecule has 10 atom stereocenters. The highest BCUT2D eigenvalue weighted by molar-refractivity contribution is 7.89. The Kier molecular flexibility index (Phi) is 6.48. The molecule has 3 heterocycles. The van der Waals surface area contributed by atoms with Crippen molar-refractivity contribution in [2.45, 2.75) is 115 Å². The number of fused-ring (bicyclic) bond motifs is 7. The van der Waals surface area contributed by atoms with E-state index in [0.717, 1.165) is 48.5 Å². The summed E-state index contributed by atoms with van der Waals surface area (Å²) in [6.07, 6.45) is 12.5. The quantitative estimate of drug-likeness (QED) is 0.399. The molecule has 0 bridgehead atoms. The summed E-state index contributed by atoms with van der Waals surface area (Å²) in [6, 6.07) is 7.61. The molecule has 4 fully saturated rings. The molecule has 7 heteroatoms. The number of rotatable bonds is 2. The van der Waals surface area contributed by atoms with Crippen molar-refractivity contribution in [3.63, 3.8) is 0 Å². The van der Waals surface area contributed by atoms with Gasteiger partial charge in [-0.25, -0.2) is 0 Å². The molecule has 1 N–H and O–H groups in total. The molecule has 6 nitrogen and oxygen atoms in total. The van der Waals surface area contributed by atoms with E-state index in [4.69, 9.17) is 9.84 Å². The van der Waals surface area contributed by atoms with Crippen molar-refractivity contribution in [3.8, 4) is 0 Å². The summed E-state index contributed by atoms with van der Waals surface area (Å²) in [7, 11) is -3.69. The molecule has 1 spiro atoms. The smallest absolute Gasteiger partial charge is 0.282 e. The maximum absolute atomic E-state index is 13.5. The highest BCUT2D eigenvalue weighted by Gasteiger charge is 2.59. The number of hydrogen-bond acceptors (Lipinski definition) is 5. The van der Waals surface area contributed by atoms with Gasteiger partial charge in [0, 0.05) is 18.2 Å². The van der Waals surface area contributed by atoms with Crippen LogP contribution in [-0.2, 0) is 27.6 Å². The zero-order valence-corrected chi connectivity index (χ0v) is 27.4. The van der Waals surface area contributed by atoms with Gasteiger partial charge in [-0.15, -0.1) is 0 Å². The molecule has 2 aliphatic heterocycles. The van der Waals surface area contributed by atoms with Crippen molar-refractivity contribution in [1.82, 2.24) is 14.5 Å². The standard InChI is InChI=1S/C36H49N3O3S/c1-21-6-9-27(10-7-21)43(40,41)39-20-25-18-35(5)26(15-32(25)38-39)8-11-29-28-12-13-36(17-23(3)30(28)16-31(29)35)24(4)34-33(42-36)14-22(2)19-37-34/h6-7,9-10,20,22,24,26,28-29,31,33-34,37H,8,11-19H2,1-5H3/t22-,24+,26+,28-,29-,31-,33+,34-,35-,36-/m0/s1. The Bertz CT molecular complexity index is 1580. The van der Waals surface area contributed by atoms with Gasteiger partial charge < -0.3 is 10.1 Å². The molecule has 43 heavy (non-hydrogen) atoms. The van der Waals surface area contributed by atoms with Gasteiger partial charge in [-0.05, 0) is 131 Å². The molecule has 0 radical (unpaired) electrons. The van der Waals surface area contributed by atoms with Crippen molar-refractivity contribution in [3.05, 3.63) is 58.4 Å². The fourth-order valence-corrected chi connectivity index (χ4v) is 12.2. The third kappa shape index (κ3) is 4.23. The van der Waals surface area contributed by atoms with Crippen molar-refractivity contribution in [2.24, 2.45) is 40.9 Å². The number of benzene rings is 1. The molecule has 2 saturated heterocycles. The molecule has 0 amide bonds. The Labute approximate surface area is 258 Å². The number of nitrogens with zero attached hydrogens (tertiary/aromatic N) is 2.